The van der Waals surface area contributed by atoms with Crippen molar-refractivity contribution >= 4 is 51.2 Å². The Morgan fingerprint density at radius 1 is 1.02 bits per heavy atom. The molecular formula is C32H37BrN4O4S. The number of nitrogens with one attached hydrogen (secondary N) is 3. The van der Waals surface area contributed by atoms with Gasteiger partial charge in [-0.2, -0.15) is 0 Å². The highest BCUT2D eigenvalue weighted by Crippen LogP contribution is 2.40. The molecule has 1 aliphatic rings. The molecule has 0 aromatic heterocycles. The van der Waals surface area contributed by atoms with E-state index in [0.717, 1.165) is 26.7 Å². The molecule has 8 nitrogen and oxygen atoms in total. The van der Waals surface area contributed by atoms with Crippen LogP contribution in [0.15, 0.2) is 77.3 Å². The number of aryl methyl sites for hydroxylation is 2. The molecule has 0 saturated carbocycles. The molecular weight excluding hydrogens is 616 g/mol. The summed E-state index contributed by atoms with van der Waals surface area (Å²) in [5.74, 6) is -0.650. The number of benzene rings is 3. The third-order valence-electron chi connectivity index (χ3n) is 7.48. The van der Waals surface area contributed by atoms with E-state index >= 15 is 0 Å². The number of carbonyl (C=O) groups is 3. The van der Waals surface area contributed by atoms with Gasteiger partial charge in [0.15, 0.2) is 6.10 Å². The fourth-order valence-corrected chi connectivity index (χ4v) is 6.66. The SMILES string of the molecule is Cc1ccccc1CNC(=O)C1N(C(=O)C(O)C(Cc2ccccc2)NC(=O)Nc2ccc(Br)cc2C)CSC1(C)C. The number of amides is 4. The zero-order valence-corrected chi connectivity index (χ0v) is 26.6. The Morgan fingerprint density at radius 2 is 1.71 bits per heavy atom. The van der Waals surface area contributed by atoms with E-state index in [4.69, 9.17) is 0 Å². The second-order valence-corrected chi connectivity index (χ2v) is 13.5. The highest BCUT2D eigenvalue weighted by Gasteiger charge is 2.49. The van der Waals surface area contributed by atoms with E-state index in [1.807, 2.05) is 94.4 Å². The number of aliphatic hydroxyl groups excluding tert-OH is 1. The molecule has 4 rings (SSSR count). The molecule has 0 spiro atoms. The van der Waals surface area contributed by atoms with Crippen LogP contribution in [0.3, 0.4) is 0 Å². The highest BCUT2D eigenvalue weighted by molar-refractivity contribution is 9.10. The standard InChI is InChI=1S/C32H37BrN4O4S/c1-20-10-8-9-13-23(20)18-34-29(39)28-32(3,4)42-19-37(28)30(40)27(38)26(17-22-11-6-5-7-12-22)36-31(41)35-25-15-14-24(33)16-21(25)2/h5-16,26-28,38H,17-19H2,1-4H3,(H,34,39)(H2,35,36,41). The van der Waals surface area contributed by atoms with Gasteiger partial charge in [0.05, 0.1) is 11.9 Å². The minimum Gasteiger partial charge on any atom is -0.381 e. The summed E-state index contributed by atoms with van der Waals surface area (Å²) < 4.78 is 0.308. The van der Waals surface area contributed by atoms with Gasteiger partial charge in [-0.25, -0.2) is 4.79 Å². The van der Waals surface area contributed by atoms with Crippen LogP contribution in [-0.4, -0.2) is 56.7 Å². The number of hydrogen-bond donors (Lipinski definition) is 4. The van der Waals surface area contributed by atoms with Crippen LogP contribution >= 0.6 is 27.7 Å². The Kier molecular flexibility index (Phi) is 10.3. The van der Waals surface area contributed by atoms with Crippen molar-refractivity contribution in [1.29, 1.82) is 0 Å². The largest absolute Gasteiger partial charge is 0.381 e. The van der Waals surface area contributed by atoms with Crippen molar-refractivity contribution in [1.82, 2.24) is 15.5 Å². The fraction of sp³-hybridized carbons (Fsp3) is 0.344. The normalized spacial score (nSPS) is 17.3. The Balaban J connectivity index is 1.52. The third kappa shape index (κ3) is 7.73. The van der Waals surface area contributed by atoms with Crippen molar-refractivity contribution in [3.05, 3.63) is 99.5 Å². The van der Waals surface area contributed by atoms with Crippen molar-refractivity contribution in [2.75, 3.05) is 11.2 Å². The molecule has 0 radical (unpaired) electrons. The van der Waals surface area contributed by atoms with Gasteiger partial charge in [0.25, 0.3) is 5.91 Å². The number of rotatable bonds is 9. The number of anilines is 1. The lowest BCUT2D eigenvalue weighted by Gasteiger charge is -2.33. The number of carbonyl (C=O) groups excluding carboxylic acids is 3. The maximum Gasteiger partial charge on any atom is 0.319 e. The number of hydrogen-bond acceptors (Lipinski definition) is 5. The quantitative estimate of drug-likeness (QED) is 0.255. The topological polar surface area (TPSA) is 111 Å². The van der Waals surface area contributed by atoms with Crippen molar-refractivity contribution < 1.29 is 19.5 Å². The molecule has 0 aliphatic carbocycles. The summed E-state index contributed by atoms with van der Waals surface area (Å²) in [7, 11) is 0. The van der Waals surface area contributed by atoms with Gasteiger partial charge < -0.3 is 26.0 Å². The summed E-state index contributed by atoms with van der Waals surface area (Å²) >= 11 is 4.90. The van der Waals surface area contributed by atoms with Crippen molar-refractivity contribution in [3.8, 4) is 0 Å². The first-order chi connectivity index (χ1) is 20.0. The Labute approximate surface area is 259 Å². The summed E-state index contributed by atoms with van der Waals surface area (Å²) in [6.45, 7) is 8.03. The van der Waals surface area contributed by atoms with E-state index < -0.39 is 34.9 Å². The van der Waals surface area contributed by atoms with E-state index in [2.05, 4.69) is 31.9 Å². The van der Waals surface area contributed by atoms with Crippen LogP contribution in [0.2, 0.25) is 0 Å². The van der Waals surface area contributed by atoms with Crippen LogP contribution in [-0.2, 0) is 22.6 Å². The van der Waals surface area contributed by atoms with Crippen LogP contribution in [0.1, 0.15) is 36.1 Å². The van der Waals surface area contributed by atoms with Crippen LogP contribution < -0.4 is 16.0 Å². The van der Waals surface area contributed by atoms with Gasteiger partial charge in [0.2, 0.25) is 5.91 Å². The van der Waals surface area contributed by atoms with E-state index in [0.29, 0.717) is 12.2 Å². The van der Waals surface area contributed by atoms with Gasteiger partial charge >= 0.3 is 6.03 Å². The Bertz CT molecular complexity index is 1440. The third-order valence-corrected chi connectivity index (χ3v) is 9.35. The minimum atomic E-state index is -1.58. The molecule has 3 aromatic carbocycles. The smallest absolute Gasteiger partial charge is 0.319 e. The molecule has 222 valence electrons. The fourth-order valence-electron chi connectivity index (χ4n) is 5.05. The maximum absolute atomic E-state index is 13.8. The molecule has 0 bridgehead atoms. The molecule has 1 fully saturated rings. The predicted octanol–water partition coefficient (Wildman–Crippen LogP) is 5.16. The second-order valence-electron chi connectivity index (χ2n) is 11.0. The van der Waals surface area contributed by atoms with Gasteiger partial charge in [-0.1, -0.05) is 70.5 Å². The number of aliphatic hydroxyl groups is 1. The zero-order chi connectivity index (χ0) is 30.4. The summed E-state index contributed by atoms with van der Waals surface area (Å²) in [5.41, 5.74) is 4.36. The first kappa shape index (κ1) is 31.6. The maximum atomic E-state index is 13.8. The van der Waals surface area contributed by atoms with Crippen LogP contribution in [0.25, 0.3) is 0 Å². The first-order valence-corrected chi connectivity index (χ1v) is 15.6. The molecule has 1 heterocycles. The molecule has 1 saturated heterocycles. The molecule has 10 heteroatoms. The Hall–Kier alpha value is -3.34. The van der Waals surface area contributed by atoms with Crippen LogP contribution in [0.4, 0.5) is 10.5 Å². The van der Waals surface area contributed by atoms with Crippen LogP contribution in [0.5, 0.6) is 0 Å². The Morgan fingerprint density at radius 3 is 2.40 bits per heavy atom. The second kappa shape index (κ2) is 13.8. The van der Waals surface area contributed by atoms with Gasteiger partial charge in [-0.15, -0.1) is 11.8 Å². The number of nitrogens with zero attached hydrogens (tertiary/aromatic N) is 1. The lowest BCUT2D eigenvalue weighted by molar-refractivity contribution is -0.147. The molecule has 4 amide bonds. The van der Waals surface area contributed by atoms with Crippen molar-refractivity contribution in [2.45, 2.75) is 63.6 Å². The van der Waals surface area contributed by atoms with Crippen LogP contribution in [0, 0.1) is 13.8 Å². The number of urea groups is 1. The molecule has 3 aromatic rings. The van der Waals surface area contributed by atoms with Gasteiger partial charge in [0.1, 0.15) is 6.04 Å². The number of halogens is 1. The van der Waals surface area contributed by atoms with E-state index in [-0.39, 0.29) is 18.2 Å². The van der Waals surface area contributed by atoms with Crippen molar-refractivity contribution in [3.63, 3.8) is 0 Å². The summed E-state index contributed by atoms with van der Waals surface area (Å²) in [6.07, 6.45) is -1.36. The average molecular weight is 654 g/mol. The molecule has 4 N–H and O–H groups in total. The minimum absolute atomic E-state index is 0.217. The van der Waals surface area contributed by atoms with Crippen molar-refractivity contribution in [2.24, 2.45) is 0 Å². The highest BCUT2D eigenvalue weighted by atomic mass is 79.9. The molecule has 3 atom stereocenters. The van der Waals surface area contributed by atoms with Gasteiger partial charge in [-0.05, 0) is 74.6 Å². The summed E-state index contributed by atoms with van der Waals surface area (Å²) in [4.78, 5) is 41.9. The lowest BCUT2D eigenvalue weighted by atomic mass is 9.97. The molecule has 1 aliphatic heterocycles. The predicted molar refractivity (Wildman–Crippen MR) is 171 cm³/mol. The van der Waals surface area contributed by atoms with E-state index in [1.54, 1.807) is 6.07 Å². The van der Waals surface area contributed by atoms with E-state index in [1.165, 1.54) is 16.7 Å². The number of thioether (sulfide) groups is 1. The zero-order valence-electron chi connectivity index (χ0n) is 24.2. The van der Waals surface area contributed by atoms with Gasteiger partial charge in [0, 0.05) is 21.5 Å². The summed E-state index contributed by atoms with van der Waals surface area (Å²) in [5, 5.41) is 20.1. The van der Waals surface area contributed by atoms with E-state index in [9.17, 15) is 19.5 Å². The monoisotopic (exact) mass is 652 g/mol. The first-order valence-electron chi connectivity index (χ1n) is 13.8. The van der Waals surface area contributed by atoms with Gasteiger partial charge in [-0.3, -0.25) is 9.59 Å². The summed E-state index contributed by atoms with van der Waals surface area (Å²) in [6, 6.07) is 20.3. The molecule has 3 unspecified atom stereocenters. The lowest BCUT2D eigenvalue weighted by Crippen LogP contribution is -2.59. The average Bonchev–Trinajstić information content (AvgIpc) is 3.28. The molecule has 42 heavy (non-hydrogen) atoms.